The molecule has 0 aliphatic carbocycles. The van der Waals surface area contributed by atoms with Gasteiger partial charge in [-0.15, -0.1) is 0 Å². The van der Waals surface area contributed by atoms with Crippen molar-refractivity contribution in [3.05, 3.63) is 51.3 Å². The minimum atomic E-state index is -0.169. The Labute approximate surface area is 198 Å². The Kier molecular flexibility index (Phi) is 6.03. The van der Waals surface area contributed by atoms with Gasteiger partial charge >= 0.3 is 0 Å². The van der Waals surface area contributed by atoms with Gasteiger partial charge in [0.2, 0.25) is 0 Å². The number of benzene rings is 1. The highest BCUT2D eigenvalue weighted by Crippen LogP contribution is 2.36. The highest BCUT2D eigenvalue weighted by molar-refractivity contribution is 6.36. The van der Waals surface area contributed by atoms with Crippen molar-refractivity contribution in [1.29, 1.82) is 0 Å². The highest BCUT2D eigenvalue weighted by atomic mass is 35.5. The normalized spacial score (nSPS) is 20.9. The number of aromatic amines is 1. The van der Waals surface area contributed by atoms with Gasteiger partial charge < -0.3 is 19.9 Å². The van der Waals surface area contributed by atoms with E-state index in [2.05, 4.69) is 15.2 Å². The first-order chi connectivity index (χ1) is 15.9. The molecule has 0 saturated carbocycles. The summed E-state index contributed by atoms with van der Waals surface area (Å²) < 4.78 is 5.47. The molecule has 3 aliphatic heterocycles. The van der Waals surface area contributed by atoms with Crippen LogP contribution in [-0.4, -0.2) is 72.0 Å². The van der Waals surface area contributed by atoms with Gasteiger partial charge in [-0.1, -0.05) is 11.6 Å². The van der Waals surface area contributed by atoms with Gasteiger partial charge in [-0.05, 0) is 56.5 Å². The van der Waals surface area contributed by atoms with Crippen LogP contribution >= 0.6 is 11.6 Å². The number of hydrogen-bond acceptors (Lipinski definition) is 4. The molecule has 33 heavy (non-hydrogen) atoms. The lowest BCUT2D eigenvalue weighted by Gasteiger charge is -2.40. The number of likely N-dealkylation sites (tertiary alicyclic amines) is 1. The summed E-state index contributed by atoms with van der Waals surface area (Å²) in [5, 5.41) is 3.45. The largest absolute Gasteiger partial charge is 0.379 e. The molecule has 2 fully saturated rings. The molecule has 1 aromatic heterocycles. The number of nitrogens with zero attached hydrogens (tertiary/aromatic N) is 2. The van der Waals surface area contributed by atoms with Crippen molar-refractivity contribution >= 4 is 40.8 Å². The predicted octanol–water partition coefficient (Wildman–Crippen LogP) is 3.71. The van der Waals surface area contributed by atoms with Crippen molar-refractivity contribution in [2.24, 2.45) is 0 Å². The van der Waals surface area contributed by atoms with Crippen molar-refractivity contribution < 1.29 is 14.3 Å². The van der Waals surface area contributed by atoms with E-state index in [4.69, 9.17) is 16.3 Å². The van der Waals surface area contributed by atoms with Crippen LogP contribution in [0.15, 0.2) is 18.2 Å². The number of ether oxygens (including phenoxy) is 1. The predicted molar refractivity (Wildman–Crippen MR) is 130 cm³/mol. The SMILES string of the molecule is Cc1[nH]c(/C=C2\C(=O)Nc3ccc(Cl)cc32)c(C)c1C(=O)N1CCC(N2CCOCC2)CC1. The second-order valence-electron chi connectivity index (χ2n) is 9.04. The summed E-state index contributed by atoms with van der Waals surface area (Å²) in [6, 6.07) is 5.88. The first-order valence-electron chi connectivity index (χ1n) is 11.6. The molecule has 4 heterocycles. The summed E-state index contributed by atoms with van der Waals surface area (Å²) in [5.41, 5.74) is 5.23. The van der Waals surface area contributed by atoms with Crippen LogP contribution in [0.25, 0.3) is 11.6 Å². The van der Waals surface area contributed by atoms with Crippen LogP contribution in [0.5, 0.6) is 0 Å². The summed E-state index contributed by atoms with van der Waals surface area (Å²) in [6.07, 6.45) is 3.80. The third-order valence-corrected chi connectivity index (χ3v) is 7.29. The number of halogens is 1. The van der Waals surface area contributed by atoms with Crippen molar-refractivity contribution in [2.75, 3.05) is 44.7 Å². The molecular formula is C25H29ClN4O3. The molecule has 2 amide bonds. The lowest BCUT2D eigenvalue weighted by molar-refractivity contribution is -0.110. The number of rotatable bonds is 3. The number of morpholine rings is 1. The Morgan fingerprint density at radius 3 is 2.61 bits per heavy atom. The summed E-state index contributed by atoms with van der Waals surface area (Å²) in [4.78, 5) is 33.8. The molecule has 2 aromatic rings. The molecule has 174 valence electrons. The molecule has 0 bridgehead atoms. The first-order valence-corrected chi connectivity index (χ1v) is 11.9. The molecule has 0 spiro atoms. The number of carbonyl (C=O) groups excluding carboxylic acids is 2. The Balaban J connectivity index is 1.35. The van der Waals surface area contributed by atoms with E-state index in [0.29, 0.717) is 22.2 Å². The van der Waals surface area contributed by atoms with Gasteiger partial charge in [0.25, 0.3) is 11.8 Å². The average molecular weight is 469 g/mol. The number of aromatic nitrogens is 1. The number of carbonyl (C=O) groups is 2. The highest BCUT2D eigenvalue weighted by Gasteiger charge is 2.31. The zero-order valence-corrected chi connectivity index (χ0v) is 19.8. The second-order valence-corrected chi connectivity index (χ2v) is 9.47. The molecule has 0 radical (unpaired) electrons. The van der Waals surface area contributed by atoms with Crippen molar-refractivity contribution in [1.82, 2.24) is 14.8 Å². The van der Waals surface area contributed by atoms with Crippen LogP contribution in [-0.2, 0) is 9.53 Å². The average Bonchev–Trinajstić information content (AvgIpc) is 3.28. The van der Waals surface area contributed by atoms with E-state index < -0.39 is 0 Å². The number of amides is 2. The van der Waals surface area contributed by atoms with Gasteiger partial charge in [0.1, 0.15) is 0 Å². The van der Waals surface area contributed by atoms with Crippen LogP contribution in [0.4, 0.5) is 5.69 Å². The lowest BCUT2D eigenvalue weighted by atomic mass is 10.00. The summed E-state index contributed by atoms with van der Waals surface area (Å²) in [5.74, 6) is -0.109. The molecule has 8 heteroatoms. The van der Waals surface area contributed by atoms with Crippen molar-refractivity contribution in [2.45, 2.75) is 32.7 Å². The molecular weight excluding hydrogens is 440 g/mol. The Morgan fingerprint density at radius 2 is 1.88 bits per heavy atom. The fourth-order valence-corrected chi connectivity index (χ4v) is 5.39. The molecule has 0 atom stereocenters. The Bertz CT molecular complexity index is 1120. The van der Waals surface area contributed by atoms with Crippen LogP contribution in [0.3, 0.4) is 0 Å². The van der Waals surface area contributed by atoms with Crippen LogP contribution in [0.1, 0.15) is 45.7 Å². The number of fused-ring (bicyclic) bond motifs is 1. The molecule has 7 nitrogen and oxygen atoms in total. The maximum Gasteiger partial charge on any atom is 0.256 e. The minimum absolute atomic E-state index is 0.0608. The van der Waals surface area contributed by atoms with E-state index >= 15 is 0 Å². The maximum absolute atomic E-state index is 13.4. The van der Waals surface area contributed by atoms with E-state index in [9.17, 15) is 9.59 Å². The van der Waals surface area contributed by atoms with E-state index in [1.54, 1.807) is 18.2 Å². The fraction of sp³-hybridized carbons (Fsp3) is 0.440. The monoisotopic (exact) mass is 468 g/mol. The molecule has 5 rings (SSSR count). The van der Waals surface area contributed by atoms with Gasteiger partial charge in [-0.25, -0.2) is 0 Å². The van der Waals surface area contributed by atoms with Crippen LogP contribution in [0.2, 0.25) is 5.02 Å². The molecule has 3 aliphatic rings. The standard InChI is InChI=1S/C25H29ClN4O3/c1-15-22(14-20-19-13-17(26)3-4-21(19)28-24(20)31)27-16(2)23(15)25(32)30-7-5-18(6-8-30)29-9-11-33-12-10-29/h3-4,13-14,18,27H,5-12H2,1-2H3,(H,28,31)/b20-14-. The van der Waals surface area contributed by atoms with E-state index in [1.165, 1.54) is 0 Å². The number of H-pyrrole nitrogens is 1. The zero-order chi connectivity index (χ0) is 23.1. The number of aryl methyl sites for hydroxylation is 1. The summed E-state index contributed by atoms with van der Waals surface area (Å²) >= 11 is 6.15. The number of hydrogen-bond donors (Lipinski definition) is 2. The van der Waals surface area contributed by atoms with Gasteiger partial charge in [-0.3, -0.25) is 14.5 Å². The topological polar surface area (TPSA) is 77.7 Å². The third kappa shape index (κ3) is 4.21. The van der Waals surface area contributed by atoms with Gasteiger partial charge in [-0.2, -0.15) is 0 Å². The first kappa shape index (κ1) is 22.2. The Morgan fingerprint density at radius 1 is 1.15 bits per heavy atom. The van der Waals surface area contributed by atoms with Crippen LogP contribution < -0.4 is 5.32 Å². The summed E-state index contributed by atoms with van der Waals surface area (Å²) in [6.45, 7) is 8.94. The van der Waals surface area contributed by atoms with Crippen molar-refractivity contribution in [3.63, 3.8) is 0 Å². The number of piperidine rings is 1. The molecule has 0 unspecified atom stereocenters. The minimum Gasteiger partial charge on any atom is -0.379 e. The van der Waals surface area contributed by atoms with Gasteiger partial charge in [0.15, 0.2) is 0 Å². The smallest absolute Gasteiger partial charge is 0.256 e. The quantitative estimate of drug-likeness (QED) is 0.673. The fourth-order valence-electron chi connectivity index (χ4n) is 5.22. The lowest BCUT2D eigenvalue weighted by Crippen LogP contribution is -2.50. The van der Waals surface area contributed by atoms with E-state index in [1.807, 2.05) is 24.8 Å². The van der Waals surface area contributed by atoms with Crippen LogP contribution in [0, 0.1) is 13.8 Å². The van der Waals surface area contributed by atoms with Gasteiger partial charge in [0, 0.05) is 59.9 Å². The van der Waals surface area contributed by atoms with Gasteiger partial charge in [0.05, 0.1) is 24.4 Å². The maximum atomic E-state index is 13.4. The number of anilines is 1. The van der Waals surface area contributed by atoms with Crippen molar-refractivity contribution in [3.8, 4) is 0 Å². The number of nitrogens with one attached hydrogen (secondary N) is 2. The second kappa shape index (κ2) is 8.97. The molecule has 2 N–H and O–H groups in total. The van der Waals surface area contributed by atoms with E-state index in [-0.39, 0.29) is 11.8 Å². The molecule has 2 saturated heterocycles. The summed E-state index contributed by atoms with van der Waals surface area (Å²) in [7, 11) is 0. The molecule has 1 aromatic carbocycles. The third-order valence-electron chi connectivity index (χ3n) is 7.06. The van der Waals surface area contributed by atoms with E-state index in [0.717, 1.165) is 80.4 Å². The Hall–Kier alpha value is -2.61. The zero-order valence-electron chi connectivity index (χ0n) is 19.0.